The molecule has 0 radical (unpaired) electrons. The Hall–Kier alpha value is -0.0800. The van der Waals surface area contributed by atoms with Gasteiger partial charge >= 0.3 is 0 Å². The SMILES string of the molecule is CC.NCCC1CCC(O)CC1. The van der Waals surface area contributed by atoms with Crippen LogP contribution in [0.3, 0.4) is 0 Å². The maximum absolute atomic E-state index is 9.16. The van der Waals surface area contributed by atoms with Crippen molar-refractivity contribution in [2.24, 2.45) is 11.7 Å². The molecule has 74 valence electrons. The molecule has 3 N–H and O–H groups in total. The summed E-state index contributed by atoms with van der Waals surface area (Å²) in [6.45, 7) is 4.81. The Morgan fingerprint density at radius 3 is 2.08 bits per heavy atom. The first-order valence-corrected chi connectivity index (χ1v) is 5.21. The van der Waals surface area contributed by atoms with Gasteiger partial charge in [-0.05, 0) is 44.6 Å². The fourth-order valence-corrected chi connectivity index (χ4v) is 1.67. The molecule has 0 aliphatic heterocycles. The van der Waals surface area contributed by atoms with Gasteiger partial charge in [0.05, 0.1) is 6.10 Å². The van der Waals surface area contributed by atoms with Gasteiger partial charge in [-0.1, -0.05) is 13.8 Å². The number of hydrogen-bond acceptors (Lipinski definition) is 2. The maximum Gasteiger partial charge on any atom is 0.0540 e. The Balaban J connectivity index is 0.000000561. The van der Waals surface area contributed by atoms with Crippen LogP contribution in [0.2, 0.25) is 0 Å². The van der Waals surface area contributed by atoms with Crippen LogP contribution in [-0.4, -0.2) is 17.8 Å². The number of rotatable bonds is 2. The largest absolute Gasteiger partial charge is 0.393 e. The minimum absolute atomic E-state index is 0.0194. The van der Waals surface area contributed by atoms with Crippen LogP contribution in [0.1, 0.15) is 46.0 Å². The highest BCUT2D eigenvalue weighted by atomic mass is 16.3. The zero-order valence-electron chi connectivity index (χ0n) is 8.42. The van der Waals surface area contributed by atoms with Crippen molar-refractivity contribution < 1.29 is 5.11 Å². The van der Waals surface area contributed by atoms with Gasteiger partial charge in [0.25, 0.3) is 0 Å². The van der Waals surface area contributed by atoms with E-state index in [1.807, 2.05) is 13.8 Å². The van der Waals surface area contributed by atoms with Crippen LogP contribution in [-0.2, 0) is 0 Å². The van der Waals surface area contributed by atoms with Gasteiger partial charge < -0.3 is 10.8 Å². The Labute approximate surface area is 76.2 Å². The summed E-state index contributed by atoms with van der Waals surface area (Å²) >= 11 is 0. The molecule has 1 aliphatic carbocycles. The van der Waals surface area contributed by atoms with Gasteiger partial charge in [-0.2, -0.15) is 0 Å². The standard InChI is InChI=1S/C8H17NO.C2H6/c9-6-5-7-1-3-8(10)4-2-7;1-2/h7-8,10H,1-6,9H2;1-2H3. The molecule has 1 fully saturated rings. The number of nitrogens with two attached hydrogens (primary N) is 1. The van der Waals surface area contributed by atoms with Crippen molar-refractivity contribution in [3.8, 4) is 0 Å². The van der Waals surface area contributed by atoms with Crippen molar-refractivity contribution in [2.75, 3.05) is 6.54 Å². The molecule has 0 aromatic carbocycles. The number of aliphatic hydroxyl groups excluding tert-OH is 1. The second-order valence-electron chi connectivity index (χ2n) is 3.25. The van der Waals surface area contributed by atoms with E-state index in [4.69, 9.17) is 10.8 Å². The summed E-state index contributed by atoms with van der Waals surface area (Å²) in [7, 11) is 0. The minimum atomic E-state index is -0.0194. The van der Waals surface area contributed by atoms with Gasteiger partial charge in [0, 0.05) is 0 Å². The molecule has 0 aromatic rings. The molecular weight excluding hydrogens is 150 g/mol. The lowest BCUT2D eigenvalue weighted by molar-refractivity contribution is 0.107. The van der Waals surface area contributed by atoms with E-state index in [1.165, 1.54) is 12.8 Å². The molecule has 1 aliphatic rings. The predicted octanol–water partition coefficient (Wildman–Crippen LogP) is 1.91. The third-order valence-corrected chi connectivity index (χ3v) is 2.39. The van der Waals surface area contributed by atoms with Crippen LogP contribution in [0.5, 0.6) is 0 Å². The summed E-state index contributed by atoms with van der Waals surface area (Å²) in [4.78, 5) is 0. The summed E-state index contributed by atoms with van der Waals surface area (Å²) in [6.07, 6.45) is 5.47. The van der Waals surface area contributed by atoms with E-state index >= 15 is 0 Å². The quantitative estimate of drug-likeness (QED) is 0.670. The Bertz CT molecular complexity index is 87.8. The average molecular weight is 173 g/mol. The van der Waals surface area contributed by atoms with E-state index in [2.05, 4.69) is 0 Å². The lowest BCUT2D eigenvalue weighted by Crippen LogP contribution is -2.20. The molecule has 0 spiro atoms. The summed E-state index contributed by atoms with van der Waals surface area (Å²) in [5.74, 6) is 0.799. The van der Waals surface area contributed by atoms with Gasteiger partial charge in [0.1, 0.15) is 0 Å². The van der Waals surface area contributed by atoms with Crippen molar-refractivity contribution in [1.29, 1.82) is 0 Å². The first-order valence-electron chi connectivity index (χ1n) is 5.21. The van der Waals surface area contributed by atoms with E-state index in [9.17, 15) is 0 Å². The Kier molecular flexibility index (Phi) is 7.51. The van der Waals surface area contributed by atoms with Gasteiger partial charge in [-0.3, -0.25) is 0 Å². The summed E-state index contributed by atoms with van der Waals surface area (Å²) in [5.41, 5.74) is 5.43. The molecule has 0 heterocycles. The molecular formula is C10H23NO. The van der Waals surface area contributed by atoms with Gasteiger partial charge in [0.15, 0.2) is 0 Å². The van der Waals surface area contributed by atoms with Crippen molar-refractivity contribution in [1.82, 2.24) is 0 Å². The van der Waals surface area contributed by atoms with Crippen LogP contribution in [0.4, 0.5) is 0 Å². The van der Waals surface area contributed by atoms with Gasteiger partial charge in [0.2, 0.25) is 0 Å². The Morgan fingerprint density at radius 1 is 1.17 bits per heavy atom. The van der Waals surface area contributed by atoms with Crippen LogP contribution < -0.4 is 5.73 Å². The fourth-order valence-electron chi connectivity index (χ4n) is 1.67. The minimum Gasteiger partial charge on any atom is -0.393 e. The van der Waals surface area contributed by atoms with Crippen molar-refractivity contribution >= 4 is 0 Å². The second kappa shape index (κ2) is 7.56. The molecule has 1 saturated carbocycles. The highest BCUT2D eigenvalue weighted by Crippen LogP contribution is 2.25. The molecule has 0 unspecified atom stereocenters. The summed E-state index contributed by atoms with van der Waals surface area (Å²) < 4.78 is 0. The highest BCUT2D eigenvalue weighted by Gasteiger charge is 2.17. The van der Waals surface area contributed by atoms with Crippen molar-refractivity contribution in [3.63, 3.8) is 0 Å². The van der Waals surface area contributed by atoms with Crippen molar-refractivity contribution in [2.45, 2.75) is 52.1 Å². The second-order valence-corrected chi connectivity index (χ2v) is 3.25. The van der Waals surface area contributed by atoms with E-state index in [1.54, 1.807) is 0 Å². The highest BCUT2D eigenvalue weighted by molar-refractivity contribution is 4.71. The molecule has 0 aromatic heterocycles. The molecule has 0 bridgehead atoms. The molecule has 0 saturated heterocycles. The normalized spacial score (nSPS) is 29.0. The summed E-state index contributed by atoms with van der Waals surface area (Å²) in [5, 5.41) is 9.16. The fraction of sp³-hybridized carbons (Fsp3) is 1.00. The van der Waals surface area contributed by atoms with Crippen LogP contribution >= 0.6 is 0 Å². The topological polar surface area (TPSA) is 46.2 Å². The molecule has 2 heteroatoms. The van der Waals surface area contributed by atoms with Crippen LogP contribution in [0.15, 0.2) is 0 Å². The summed E-state index contributed by atoms with van der Waals surface area (Å²) in [6, 6.07) is 0. The predicted molar refractivity (Wildman–Crippen MR) is 53.0 cm³/mol. The van der Waals surface area contributed by atoms with E-state index in [0.29, 0.717) is 0 Å². The van der Waals surface area contributed by atoms with Crippen LogP contribution in [0, 0.1) is 5.92 Å². The third-order valence-electron chi connectivity index (χ3n) is 2.39. The van der Waals surface area contributed by atoms with E-state index in [-0.39, 0.29) is 6.10 Å². The lowest BCUT2D eigenvalue weighted by atomic mass is 9.85. The zero-order chi connectivity index (χ0) is 9.40. The molecule has 0 amide bonds. The van der Waals surface area contributed by atoms with Crippen LogP contribution in [0.25, 0.3) is 0 Å². The van der Waals surface area contributed by atoms with Gasteiger partial charge in [-0.25, -0.2) is 0 Å². The molecule has 0 atom stereocenters. The monoisotopic (exact) mass is 173 g/mol. The average Bonchev–Trinajstić information content (AvgIpc) is 2.13. The smallest absolute Gasteiger partial charge is 0.0540 e. The zero-order valence-corrected chi connectivity index (χ0v) is 8.42. The molecule has 2 nitrogen and oxygen atoms in total. The molecule has 12 heavy (non-hydrogen) atoms. The number of aliphatic hydroxyl groups is 1. The Morgan fingerprint density at radius 2 is 1.67 bits per heavy atom. The van der Waals surface area contributed by atoms with E-state index in [0.717, 1.165) is 31.7 Å². The third kappa shape index (κ3) is 4.73. The molecule has 1 rings (SSSR count). The number of hydrogen-bond donors (Lipinski definition) is 2. The first kappa shape index (κ1) is 11.9. The van der Waals surface area contributed by atoms with Gasteiger partial charge in [-0.15, -0.1) is 0 Å². The lowest BCUT2D eigenvalue weighted by Gasteiger charge is -2.24. The van der Waals surface area contributed by atoms with E-state index < -0.39 is 0 Å². The van der Waals surface area contributed by atoms with Crippen molar-refractivity contribution in [3.05, 3.63) is 0 Å². The first-order chi connectivity index (χ1) is 5.83. The maximum atomic E-state index is 9.16.